The molecular weight excluding hydrogens is 1620 g/mol. The van der Waals surface area contributed by atoms with Crippen LogP contribution in [0.4, 0.5) is 5.69 Å². The summed E-state index contributed by atoms with van der Waals surface area (Å²) >= 11 is 7.15. The minimum absolute atomic E-state index is 0.103. The zero-order valence-electron chi connectivity index (χ0n) is 68.3. The molecule has 0 bridgehead atoms. The average Bonchev–Trinajstić information content (AvgIpc) is 1.56. The Morgan fingerprint density at radius 3 is 1.02 bits per heavy atom. The van der Waals surface area contributed by atoms with Crippen LogP contribution in [0.2, 0.25) is 0 Å². The molecule has 0 aliphatic carbocycles. The fourth-order valence-electron chi connectivity index (χ4n) is 15.4. The maximum Gasteiger partial charge on any atom is 0.265 e. The number of fused-ring (bicyclic) bond motifs is 5. The smallest absolute Gasteiger partial charge is 0.265 e. The number of sulfonamides is 1. The van der Waals surface area contributed by atoms with E-state index in [-0.39, 0.29) is 34.9 Å². The minimum Gasteiger partial charge on any atom is -0.491 e. The van der Waals surface area contributed by atoms with E-state index < -0.39 is 10.0 Å². The Morgan fingerprint density at radius 1 is 0.358 bits per heavy atom. The van der Waals surface area contributed by atoms with Crippen LogP contribution in [0, 0.1) is 31.6 Å². The van der Waals surface area contributed by atoms with E-state index in [1.165, 1.54) is 341 Å². The number of nitrogens with zero attached hydrogens (tertiary/aromatic N) is 1. The van der Waals surface area contributed by atoms with Crippen LogP contribution in [0.25, 0.3) is 39.7 Å². The van der Waals surface area contributed by atoms with Crippen molar-refractivity contribution in [2.75, 3.05) is 24.1 Å². The first-order valence-corrected chi connectivity index (χ1v) is 68.8. The number of unbranched alkanes of at least 4 members (excludes halogenated alkanes) is 40. The molecule has 11 unspecified atom stereocenters. The predicted octanol–water partition coefficient (Wildman–Crippen LogP) is 37.3. The van der Waals surface area contributed by atoms with Crippen molar-refractivity contribution >= 4 is 179 Å². The topological polar surface area (TPSA) is 55.8 Å². The number of hydrogen-bond acceptors (Lipinski definition) is 8. The summed E-state index contributed by atoms with van der Waals surface area (Å²) in [6.07, 6.45) is 68.2. The van der Waals surface area contributed by atoms with Gasteiger partial charge in [-0.1, -0.05) is 337 Å². The van der Waals surface area contributed by atoms with Gasteiger partial charge >= 0.3 is 0 Å². The van der Waals surface area contributed by atoms with Gasteiger partial charge in [0.25, 0.3) is 10.0 Å². The molecule has 5 aromatic rings. The highest BCUT2D eigenvalue weighted by atomic mass is 33.3. The number of anilines is 1. The fraction of sp³-hybridized carbons (Fsp3) is 0.786. The Bertz CT molecular complexity index is 3060. The third kappa shape index (κ3) is 37.6. The van der Waals surface area contributed by atoms with Gasteiger partial charge in [-0.3, -0.25) is 4.31 Å². The molecule has 0 N–H and O–H groups in total. The quantitative estimate of drug-likeness (QED) is 0.0288. The van der Waals surface area contributed by atoms with Crippen molar-refractivity contribution in [3.63, 3.8) is 0 Å². The molecule has 0 fully saturated rings. The second kappa shape index (κ2) is 60.5. The lowest BCUT2D eigenvalue weighted by Gasteiger charge is -2.32. The molecule has 22 heteroatoms. The fourth-order valence-corrected chi connectivity index (χ4v) is 125. The normalized spacial score (nSPS) is 14.1. The highest BCUT2D eigenvalue weighted by Gasteiger charge is 2.40. The van der Waals surface area contributed by atoms with Crippen molar-refractivity contribution in [3.05, 3.63) is 34.0 Å². The summed E-state index contributed by atoms with van der Waals surface area (Å²) in [6, 6.07) is 9.02. The van der Waals surface area contributed by atoms with Crippen LogP contribution < -0.4 is 13.8 Å². The molecule has 5 heterocycles. The molecular formula is C84H155NO4P12S5. The summed E-state index contributed by atoms with van der Waals surface area (Å²) in [6.45, 7) is 21.0. The van der Waals surface area contributed by atoms with Gasteiger partial charge < -0.3 is 9.47 Å². The van der Waals surface area contributed by atoms with Crippen LogP contribution in [0.5, 0.6) is 11.5 Å². The first-order valence-electron chi connectivity index (χ1n) is 43.2. The van der Waals surface area contributed by atoms with E-state index in [1.807, 2.05) is 27.0 Å². The van der Waals surface area contributed by atoms with Crippen molar-refractivity contribution in [1.29, 1.82) is 0 Å². The zero-order chi connectivity index (χ0) is 76.7. The molecule has 0 amide bonds. The summed E-state index contributed by atoms with van der Waals surface area (Å²) in [5.41, 5.74) is 0.915. The van der Waals surface area contributed by atoms with Crippen molar-refractivity contribution in [2.24, 2.45) is 17.8 Å². The first kappa shape index (κ1) is 99.6. The van der Waals surface area contributed by atoms with E-state index in [0.29, 0.717) is 29.2 Å². The molecule has 610 valence electrons. The molecule has 0 spiro atoms. The maximum atomic E-state index is 15.7. The minimum atomic E-state index is -3.83. The molecule has 11 atom stereocenters. The van der Waals surface area contributed by atoms with Gasteiger partial charge in [0.1, 0.15) is 16.4 Å². The number of rotatable bonds is 65. The molecule has 0 radical (unpaired) electrons. The van der Waals surface area contributed by atoms with Gasteiger partial charge in [-0.2, -0.15) is 0 Å². The monoisotopic (exact) mass is 1770 g/mol. The van der Waals surface area contributed by atoms with Gasteiger partial charge in [-0.25, -0.2) is 8.42 Å². The van der Waals surface area contributed by atoms with Gasteiger partial charge in [0.05, 0.1) is 38.1 Å². The Labute approximate surface area is 691 Å². The van der Waals surface area contributed by atoms with Crippen LogP contribution >= 0.6 is 143 Å². The number of benzene rings is 1. The molecule has 5 nitrogen and oxygen atoms in total. The van der Waals surface area contributed by atoms with Crippen LogP contribution in [0.3, 0.4) is 0 Å². The van der Waals surface area contributed by atoms with E-state index >= 15 is 8.42 Å². The largest absolute Gasteiger partial charge is 0.491 e. The lowest BCUT2D eigenvalue weighted by Crippen LogP contribution is -2.37. The van der Waals surface area contributed by atoms with Gasteiger partial charge in [0.2, 0.25) is 0 Å². The van der Waals surface area contributed by atoms with Gasteiger partial charge in [0.15, 0.2) is 0 Å². The number of hydrogen-bond donors (Lipinski definition) is 0. The molecule has 6 rings (SSSR count). The first-order chi connectivity index (χ1) is 51.4. The van der Waals surface area contributed by atoms with Crippen molar-refractivity contribution in [3.8, 4) is 31.0 Å². The summed E-state index contributed by atoms with van der Waals surface area (Å²) < 4.78 is 50.4. The van der Waals surface area contributed by atoms with E-state index in [1.54, 1.807) is 22.7 Å². The highest BCUT2D eigenvalue weighted by molar-refractivity contribution is 9.21. The molecule has 1 aliphatic heterocycles. The average molecular weight is 1780 g/mol. The van der Waals surface area contributed by atoms with E-state index in [4.69, 9.17) is 9.47 Å². The highest BCUT2D eigenvalue weighted by Crippen LogP contribution is 3.16. The lowest BCUT2D eigenvalue weighted by molar-refractivity contribution is 0.226. The Morgan fingerprint density at radius 2 is 0.670 bits per heavy atom. The summed E-state index contributed by atoms with van der Waals surface area (Å²) in [5.74, 6) is 3.39. The third-order valence-corrected chi connectivity index (χ3v) is 95.1. The van der Waals surface area contributed by atoms with Crippen LogP contribution in [-0.4, -0.2) is 28.2 Å². The van der Waals surface area contributed by atoms with Crippen LogP contribution in [0.1, 0.15) is 385 Å². The molecule has 1 aromatic carbocycles. The third-order valence-electron chi connectivity index (χ3n) is 21.8. The maximum absolute atomic E-state index is 15.7. The SMILES string of the molecule is CCCCCCCCCCCCCCCCC(CCCCCCCCCCCCCC)CN1c2cc(C)sc2-c2sc(-c3cc4c(OCC(CCCCCC)CCCCCCCC)c5sc(C)cc5c(OCC(CCCCCC)CCCCCCCC)c4s3)cc2S1(=O)=O.PP(P)P(P)P(P(P)P)P(P)P. The molecule has 0 saturated heterocycles. The van der Waals surface area contributed by atoms with Crippen LogP contribution in [0.15, 0.2) is 29.2 Å². The Balaban J connectivity index is 0.00000153. The van der Waals surface area contributed by atoms with Gasteiger partial charge in [0, 0.05) is 36.8 Å². The van der Waals surface area contributed by atoms with E-state index in [2.05, 4.69) is 142 Å². The molecule has 106 heavy (non-hydrogen) atoms. The summed E-state index contributed by atoms with van der Waals surface area (Å²) in [5, 5.41) is 2.32. The van der Waals surface area contributed by atoms with Crippen molar-refractivity contribution in [1.82, 2.24) is 0 Å². The molecule has 1 aliphatic rings. The number of aryl methyl sites for hydroxylation is 2. The number of thiophene rings is 4. The second-order valence-electron chi connectivity index (χ2n) is 31.3. The van der Waals surface area contributed by atoms with E-state index in [9.17, 15) is 0 Å². The lowest BCUT2D eigenvalue weighted by atomic mass is 9.93. The van der Waals surface area contributed by atoms with Crippen LogP contribution in [-0.2, 0) is 10.0 Å². The Hall–Kier alpha value is 3.05. The van der Waals surface area contributed by atoms with Gasteiger partial charge in [-0.05, 0) is 129 Å². The van der Waals surface area contributed by atoms with Gasteiger partial charge in [-0.15, -0.1) is 108 Å². The Kier molecular flexibility index (Phi) is 56.9. The number of ether oxygens (including phenoxy) is 2. The zero-order valence-corrected chi connectivity index (χ0v) is 85.0. The molecule has 4 aromatic heterocycles. The summed E-state index contributed by atoms with van der Waals surface area (Å²) in [4.78, 5) is 7.18. The predicted molar refractivity (Wildman–Crippen MR) is 526 cm³/mol. The van der Waals surface area contributed by atoms with Crippen molar-refractivity contribution in [2.45, 2.75) is 394 Å². The molecule has 0 saturated carbocycles. The second-order valence-corrected chi connectivity index (χ2v) is 82.7. The standard InChI is InChI=1S/C84H141NO4S5.H14P12/c1-9-15-21-27-31-33-35-37-38-40-42-44-48-52-56-70(55-51-47-43-41-39-36-34-32-28-22-16-10-2)65-85-75-62-69(8)91-83(75)84-78(94(85,86)87)64-77(93-84)76-63-74-80(89-67-72(58-50-26-20-14-6)60-54-46-30-24-18-12-4)81-73(61-68(7)90-81)79(82(74)92-76)88-66-71(57-49-25-19-13-5)59-53-45-29-23-17-11-3;1-8(2)11(7)12(9(3)4)10(5)6/h61-64,70-72H,9-60,65-67H2,1-8H3;1-7H2. The summed E-state index contributed by atoms with van der Waals surface area (Å²) in [7, 11) is 17.2. The van der Waals surface area contributed by atoms with Crippen molar-refractivity contribution < 1.29 is 17.9 Å². The van der Waals surface area contributed by atoms with E-state index in [0.717, 1.165) is 72.8 Å².